The SMILES string of the molecule is CC(NC1CCCCNC1=O)c1csc(Cl)c1. The zero-order valence-electron chi connectivity index (χ0n) is 9.83. The van der Waals surface area contributed by atoms with Gasteiger partial charge in [0.1, 0.15) is 0 Å². The molecule has 2 rings (SSSR count). The number of rotatable bonds is 3. The molecule has 2 atom stereocenters. The molecular weight excluding hydrogens is 256 g/mol. The molecule has 2 N–H and O–H groups in total. The minimum absolute atomic E-state index is 0.0776. The lowest BCUT2D eigenvalue weighted by molar-refractivity contribution is -0.123. The molecule has 0 radical (unpaired) electrons. The van der Waals surface area contributed by atoms with E-state index in [9.17, 15) is 4.79 Å². The van der Waals surface area contributed by atoms with Crippen molar-refractivity contribution in [1.82, 2.24) is 10.6 Å². The molecule has 1 aromatic heterocycles. The van der Waals surface area contributed by atoms with Gasteiger partial charge in [0.05, 0.1) is 10.4 Å². The summed E-state index contributed by atoms with van der Waals surface area (Å²) in [5.41, 5.74) is 1.15. The molecule has 1 amide bonds. The normalized spacial score (nSPS) is 22.9. The van der Waals surface area contributed by atoms with Crippen molar-refractivity contribution in [2.45, 2.75) is 38.3 Å². The maximum Gasteiger partial charge on any atom is 0.237 e. The monoisotopic (exact) mass is 272 g/mol. The number of hydrogen-bond acceptors (Lipinski definition) is 3. The van der Waals surface area contributed by atoms with Gasteiger partial charge in [-0.1, -0.05) is 11.6 Å². The van der Waals surface area contributed by atoms with E-state index in [-0.39, 0.29) is 18.0 Å². The summed E-state index contributed by atoms with van der Waals surface area (Å²) in [6.45, 7) is 2.87. The average Bonchev–Trinajstić information content (AvgIpc) is 2.63. The van der Waals surface area contributed by atoms with Crippen molar-refractivity contribution < 1.29 is 4.79 Å². The van der Waals surface area contributed by atoms with E-state index in [2.05, 4.69) is 17.6 Å². The molecule has 0 saturated carbocycles. The summed E-state index contributed by atoms with van der Waals surface area (Å²) in [6.07, 6.45) is 3.07. The summed E-state index contributed by atoms with van der Waals surface area (Å²) in [5.74, 6) is 0.121. The van der Waals surface area contributed by atoms with Gasteiger partial charge in [-0.05, 0) is 43.2 Å². The Morgan fingerprint density at radius 1 is 1.59 bits per heavy atom. The average molecular weight is 273 g/mol. The summed E-state index contributed by atoms with van der Waals surface area (Å²) in [6, 6.07) is 2.04. The molecular formula is C12H17ClN2OS. The van der Waals surface area contributed by atoms with Crippen LogP contribution in [0, 0.1) is 0 Å². The largest absolute Gasteiger partial charge is 0.355 e. The Bertz CT molecular complexity index is 394. The Balaban J connectivity index is 1.97. The molecule has 0 aliphatic carbocycles. The van der Waals surface area contributed by atoms with Crippen LogP contribution in [0.3, 0.4) is 0 Å². The van der Waals surface area contributed by atoms with Gasteiger partial charge in [0.15, 0.2) is 0 Å². The maximum atomic E-state index is 11.8. The van der Waals surface area contributed by atoms with Gasteiger partial charge in [-0.3, -0.25) is 10.1 Å². The molecule has 1 aromatic rings. The molecule has 2 unspecified atom stereocenters. The lowest BCUT2D eigenvalue weighted by atomic mass is 10.1. The summed E-state index contributed by atoms with van der Waals surface area (Å²) >= 11 is 7.44. The molecule has 1 aliphatic heterocycles. The van der Waals surface area contributed by atoms with E-state index < -0.39 is 0 Å². The van der Waals surface area contributed by atoms with Crippen molar-refractivity contribution in [1.29, 1.82) is 0 Å². The number of hydrogen-bond donors (Lipinski definition) is 2. The summed E-state index contributed by atoms with van der Waals surface area (Å²) in [5, 5.41) is 8.34. The van der Waals surface area contributed by atoms with Crippen LogP contribution in [0.1, 0.15) is 37.8 Å². The van der Waals surface area contributed by atoms with Gasteiger partial charge in [0, 0.05) is 12.6 Å². The number of carbonyl (C=O) groups excluding carboxylic acids is 1. The van der Waals surface area contributed by atoms with E-state index in [1.807, 2.05) is 11.4 Å². The van der Waals surface area contributed by atoms with Crippen molar-refractivity contribution in [2.75, 3.05) is 6.54 Å². The van der Waals surface area contributed by atoms with Crippen molar-refractivity contribution in [2.24, 2.45) is 0 Å². The second-order valence-corrected chi connectivity index (χ2v) is 5.95. The number of halogens is 1. The number of carbonyl (C=O) groups is 1. The third-order valence-electron chi connectivity index (χ3n) is 3.07. The van der Waals surface area contributed by atoms with Crippen molar-refractivity contribution in [3.8, 4) is 0 Å². The molecule has 0 bridgehead atoms. The first-order valence-corrected chi connectivity index (χ1v) is 7.20. The van der Waals surface area contributed by atoms with E-state index in [0.29, 0.717) is 0 Å². The molecule has 0 spiro atoms. The fourth-order valence-corrected chi connectivity index (χ4v) is 3.03. The molecule has 17 heavy (non-hydrogen) atoms. The highest BCUT2D eigenvalue weighted by molar-refractivity contribution is 7.14. The summed E-state index contributed by atoms with van der Waals surface area (Å²) < 4.78 is 0.791. The Hall–Kier alpha value is -0.580. The zero-order valence-corrected chi connectivity index (χ0v) is 11.4. The molecule has 2 heterocycles. The van der Waals surface area contributed by atoms with Gasteiger partial charge in [0.25, 0.3) is 0 Å². The van der Waals surface area contributed by atoms with Crippen LogP contribution in [0.5, 0.6) is 0 Å². The Labute approximate surface area is 111 Å². The van der Waals surface area contributed by atoms with E-state index >= 15 is 0 Å². The third-order valence-corrected chi connectivity index (χ3v) is 4.18. The maximum absolute atomic E-state index is 11.8. The van der Waals surface area contributed by atoms with Gasteiger partial charge in [-0.15, -0.1) is 11.3 Å². The molecule has 1 saturated heterocycles. The molecule has 5 heteroatoms. The van der Waals surface area contributed by atoms with Crippen LogP contribution in [0.15, 0.2) is 11.4 Å². The minimum Gasteiger partial charge on any atom is -0.355 e. The first kappa shape index (κ1) is 12.9. The molecule has 1 fully saturated rings. The Morgan fingerprint density at radius 3 is 3.12 bits per heavy atom. The first-order chi connectivity index (χ1) is 8.16. The highest BCUT2D eigenvalue weighted by Crippen LogP contribution is 2.25. The van der Waals surface area contributed by atoms with Crippen LogP contribution in [0.2, 0.25) is 4.34 Å². The van der Waals surface area contributed by atoms with Crippen LogP contribution in [0.25, 0.3) is 0 Å². The van der Waals surface area contributed by atoms with Crippen molar-refractivity contribution in [3.63, 3.8) is 0 Å². The number of nitrogens with one attached hydrogen (secondary N) is 2. The molecule has 0 aromatic carbocycles. The van der Waals surface area contributed by atoms with Gasteiger partial charge in [0.2, 0.25) is 5.91 Å². The van der Waals surface area contributed by atoms with E-state index in [0.717, 1.165) is 35.7 Å². The van der Waals surface area contributed by atoms with Gasteiger partial charge >= 0.3 is 0 Å². The topological polar surface area (TPSA) is 41.1 Å². The van der Waals surface area contributed by atoms with Crippen LogP contribution in [0.4, 0.5) is 0 Å². The predicted molar refractivity (Wildman–Crippen MR) is 71.5 cm³/mol. The standard InChI is InChI=1S/C12H17ClN2OS/c1-8(9-6-11(13)17-7-9)15-10-4-2-3-5-14-12(10)16/h6-8,10,15H,2-5H2,1H3,(H,14,16). The number of amides is 1. The molecule has 1 aliphatic rings. The van der Waals surface area contributed by atoms with E-state index in [1.54, 1.807) is 0 Å². The zero-order chi connectivity index (χ0) is 12.3. The summed E-state index contributed by atoms with van der Waals surface area (Å²) in [7, 11) is 0. The highest BCUT2D eigenvalue weighted by Gasteiger charge is 2.22. The van der Waals surface area contributed by atoms with Gasteiger partial charge in [-0.25, -0.2) is 0 Å². The van der Waals surface area contributed by atoms with Gasteiger partial charge in [-0.2, -0.15) is 0 Å². The van der Waals surface area contributed by atoms with Crippen LogP contribution < -0.4 is 10.6 Å². The van der Waals surface area contributed by atoms with Crippen molar-refractivity contribution >= 4 is 28.8 Å². The number of thiophene rings is 1. The lowest BCUT2D eigenvalue weighted by Gasteiger charge is -2.20. The first-order valence-electron chi connectivity index (χ1n) is 5.94. The predicted octanol–water partition coefficient (Wildman–Crippen LogP) is 2.72. The van der Waals surface area contributed by atoms with Crippen molar-refractivity contribution in [3.05, 3.63) is 21.3 Å². The van der Waals surface area contributed by atoms with Crippen LogP contribution >= 0.6 is 22.9 Å². The van der Waals surface area contributed by atoms with E-state index in [1.165, 1.54) is 11.3 Å². The second kappa shape index (κ2) is 5.85. The Morgan fingerprint density at radius 2 is 2.41 bits per heavy atom. The fourth-order valence-electron chi connectivity index (χ4n) is 2.05. The van der Waals surface area contributed by atoms with E-state index in [4.69, 9.17) is 11.6 Å². The fraction of sp³-hybridized carbons (Fsp3) is 0.583. The van der Waals surface area contributed by atoms with Gasteiger partial charge < -0.3 is 5.32 Å². The smallest absolute Gasteiger partial charge is 0.237 e. The quantitative estimate of drug-likeness (QED) is 0.888. The summed E-state index contributed by atoms with van der Waals surface area (Å²) in [4.78, 5) is 11.8. The van der Waals surface area contributed by atoms with Crippen LogP contribution in [-0.2, 0) is 4.79 Å². The lowest BCUT2D eigenvalue weighted by Crippen LogP contribution is -2.43. The molecule has 94 valence electrons. The van der Waals surface area contributed by atoms with Crippen LogP contribution in [-0.4, -0.2) is 18.5 Å². The molecule has 3 nitrogen and oxygen atoms in total. The third kappa shape index (κ3) is 3.44. The Kier molecular flexibility index (Phi) is 4.42. The second-order valence-electron chi connectivity index (χ2n) is 4.41. The highest BCUT2D eigenvalue weighted by atomic mass is 35.5. The minimum atomic E-state index is -0.0776.